The van der Waals surface area contributed by atoms with Gasteiger partial charge in [0, 0.05) is 23.9 Å². The molecule has 0 radical (unpaired) electrons. The minimum absolute atomic E-state index is 0.0000350. The van der Waals surface area contributed by atoms with Crippen molar-refractivity contribution in [3.05, 3.63) is 30.1 Å². The number of pyridine rings is 1. The molecule has 0 aliphatic carbocycles. The maximum Gasteiger partial charge on any atom is 0.230 e. The van der Waals surface area contributed by atoms with Crippen molar-refractivity contribution in [1.29, 1.82) is 0 Å². The van der Waals surface area contributed by atoms with Gasteiger partial charge in [-0.2, -0.15) is 0 Å². The fourth-order valence-corrected chi connectivity index (χ4v) is 2.89. The predicted octanol–water partition coefficient (Wildman–Crippen LogP) is 2.47. The molecule has 2 N–H and O–H groups in total. The lowest BCUT2D eigenvalue weighted by molar-refractivity contribution is -0.119. The Morgan fingerprint density at radius 2 is 2.14 bits per heavy atom. The van der Waals surface area contributed by atoms with Gasteiger partial charge in [0.25, 0.3) is 0 Å². The molecule has 1 rings (SSSR count). The van der Waals surface area contributed by atoms with E-state index in [1.165, 1.54) is 0 Å². The quantitative estimate of drug-likeness (QED) is 0.774. The monoisotopic (exact) mass is 310 g/mol. The molecule has 118 valence electrons. The summed E-state index contributed by atoms with van der Waals surface area (Å²) in [4.78, 5) is 16.1. The van der Waals surface area contributed by atoms with E-state index in [0.29, 0.717) is 12.3 Å². The molecular weight excluding hydrogens is 284 g/mol. The summed E-state index contributed by atoms with van der Waals surface area (Å²) in [6.45, 7) is 8.39. The molecule has 21 heavy (non-hydrogen) atoms. The minimum atomic E-state index is -0.432. The first-order valence-electron chi connectivity index (χ1n) is 7.25. The topological polar surface area (TPSA) is 62.2 Å². The first-order chi connectivity index (χ1) is 9.83. The summed E-state index contributed by atoms with van der Waals surface area (Å²) in [6.07, 6.45) is 1.32. The van der Waals surface area contributed by atoms with Crippen LogP contribution in [0.15, 0.2) is 24.4 Å². The number of rotatable bonds is 8. The zero-order valence-corrected chi connectivity index (χ0v) is 14.1. The molecular formula is C16H26N2O2S. The van der Waals surface area contributed by atoms with Crippen LogP contribution in [-0.2, 0) is 10.5 Å². The van der Waals surface area contributed by atoms with Crippen molar-refractivity contribution >= 4 is 17.7 Å². The number of nitrogens with one attached hydrogen (secondary N) is 1. The van der Waals surface area contributed by atoms with Crippen molar-refractivity contribution in [3.63, 3.8) is 0 Å². The summed E-state index contributed by atoms with van der Waals surface area (Å²) in [5, 5.41) is 13.0. The molecule has 0 bridgehead atoms. The van der Waals surface area contributed by atoms with Crippen molar-refractivity contribution in [1.82, 2.24) is 10.3 Å². The second kappa shape index (κ2) is 8.39. The summed E-state index contributed by atoms with van der Waals surface area (Å²) in [5.74, 6) is 1.31. The summed E-state index contributed by atoms with van der Waals surface area (Å²) in [5.41, 5.74) is 0.654. The first-order valence-corrected chi connectivity index (χ1v) is 8.41. The lowest BCUT2D eigenvalue weighted by Gasteiger charge is -2.33. The SMILES string of the molecule is CC(C)C(O)C(C)(C)CNC(=O)CSCc1ccccn1. The number of carbonyl (C=O) groups is 1. The molecule has 0 spiro atoms. The molecule has 4 nitrogen and oxygen atoms in total. The first kappa shape index (κ1) is 18.0. The van der Waals surface area contributed by atoms with Crippen LogP contribution in [0.5, 0.6) is 0 Å². The Hall–Kier alpha value is -1.07. The van der Waals surface area contributed by atoms with Crippen molar-refractivity contribution in [2.45, 2.75) is 39.6 Å². The Balaban J connectivity index is 2.28. The molecule has 0 saturated heterocycles. The van der Waals surface area contributed by atoms with Crippen LogP contribution in [-0.4, -0.2) is 34.4 Å². The van der Waals surface area contributed by atoms with Gasteiger partial charge in [-0.15, -0.1) is 11.8 Å². The highest BCUT2D eigenvalue weighted by atomic mass is 32.2. The number of aromatic nitrogens is 1. The van der Waals surface area contributed by atoms with E-state index in [0.717, 1.165) is 11.4 Å². The fraction of sp³-hybridized carbons (Fsp3) is 0.625. The Bertz CT molecular complexity index is 435. The second-order valence-electron chi connectivity index (χ2n) is 6.27. The lowest BCUT2D eigenvalue weighted by atomic mass is 9.81. The molecule has 1 amide bonds. The second-order valence-corrected chi connectivity index (χ2v) is 7.25. The van der Waals surface area contributed by atoms with Gasteiger partial charge in [0.15, 0.2) is 0 Å². The van der Waals surface area contributed by atoms with E-state index in [1.54, 1.807) is 18.0 Å². The average molecular weight is 310 g/mol. The summed E-state index contributed by atoms with van der Waals surface area (Å²) >= 11 is 1.54. The highest BCUT2D eigenvalue weighted by molar-refractivity contribution is 7.99. The number of thioether (sulfide) groups is 1. The smallest absolute Gasteiger partial charge is 0.230 e. The summed E-state index contributed by atoms with van der Waals surface area (Å²) < 4.78 is 0. The standard InChI is InChI=1S/C16H26N2O2S/c1-12(2)15(20)16(3,4)11-18-14(19)10-21-9-13-7-5-6-8-17-13/h5-8,12,15,20H,9-11H2,1-4H3,(H,18,19). The van der Waals surface area contributed by atoms with Crippen LogP contribution in [0, 0.1) is 11.3 Å². The number of hydrogen-bond acceptors (Lipinski definition) is 4. The van der Waals surface area contributed by atoms with Gasteiger partial charge in [-0.05, 0) is 18.1 Å². The zero-order valence-electron chi connectivity index (χ0n) is 13.3. The normalized spacial score (nSPS) is 13.2. The molecule has 1 aromatic rings. The van der Waals surface area contributed by atoms with Crippen molar-refractivity contribution in [2.24, 2.45) is 11.3 Å². The van der Waals surface area contributed by atoms with Gasteiger partial charge in [-0.3, -0.25) is 9.78 Å². The number of hydrogen-bond donors (Lipinski definition) is 2. The maximum atomic E-state index is 11.8. The van der Waals surface area contributed by atoms with Gasteiger partial charge < -0.3 is 10.4 Å². The maximum absolute atomic E-state index is 11.8. The summed E-state index contributed by atoms with van der Waals surface area (Å²) in [6, 6.07) is 5.77. The van der Waals surface area contributed by atoms with E-state index in [4.69, 9.17) is 0 Å². The zero-order chi connectivity index (χ0) is 15.9. The van der Waals surface area contributed by atoms with Gasteiger partial charge in [0.2, 0.25) is 5.91 Å². The number of aliphatic hydroxyl groups excluding tert-OH is 1. The van der Waals surface area contributed by atoms with Gasteiger partial charge in [0.1, 0.15) is 0 Å². The molecule has 5 heteroatoms. The van der Waals surface area contributed by atoms with Crippen LogP contribution < -0.4 is 5.32 Å². The van der Waals surface area contributed by atoms with Crippen LogP contribution in [0.25, 0.3) is 0 Å². The van der Waals surface area contributed by atoms with E-state index in [9.17, 15) is 9.90 Å². The molecule has 0 aliphatic rings. The van der Waals surface area contributed by atoms with E-state index in [1.807, 2.05) is 45.9 Å². The Kier molecular flexibility index (Phi) is 7.18. The van der Waals surface area contributed by atoms with E-state index in [-0.39, 0.29) is 17.2 Å². The number of carbonyl (C=O) groups excluding carboxylic acids is 1. The van der Waals surface area contributed by atoms with Crippen LogP contribution in [0.4, 0.5) is 0 Å². The van der Waals surface area contributed by atoms with Crippen molar-refractivity contribution in [2.75, 3.05) is 12.3 Å². The molecule has 0 saturated carbocycles. The van der Waals surface area contributed by atoms with E-state index < -0.39 is 6.10 Å². The third kappa shape index (κ3) is 6.48. The largest absolute Gasteiger partial charge is 0.392 e. The molecule has 1 aromatic heterocycles. The highest BCUT2D eigenvalue weighted by Crippen LogP contribution is 2.25. The number of aliphatic hydroxyl groups is 1. The van der Waals surface area contributed by atoms with E-state index >= 15 is 0 Å². The summed E-state index contributed by atoms with van der Waals surface area (Å²) in [7, 11) is 0. The molecule has 1 heterocycles. The number of nitrogens with zero attached hydrogens (tertiary/aromatic N) is 1. The molecule has 0 fully saturated rings. The van der Waals surface area contributed by atoms with Crippen molar-refractivity contribution < 1.29 is 9.90 Å². The van der Waals surface area contributed by atoms with E-state index in [2.05, 4.69) is 10.3 Å². The highest BCUT2D eigenvalue weighted by Gasteiger charge is 2.30. The van der Waals surface area contributed by atoms with Crippen LogP contribution >= 0.6 is 11.8 Å². The third-order valence-electron chi connectivity index (χ3n) is 3.38. The molecule has 0 aliphatic heterocycles. The lowest BCUT2D eigenvalue weighted by Crippen LogP contribution is -2.44. The van der Waals surface area contributed by atoms with Gasteiger partial charge >= 0.3 is 0 Å². The molecule has 0 aromatic carbocycles. The predicted molar refractivity (Wildman–Crippen MR) is 88.0 cm³/mol. The van der Waals surface area contributed by atoms with Gasteiger partial charge in [0.05, 0.1) is 17.6 Å². The Labute approximate surface area is 131 Å². The number of amides is 1. The molecule has 1 atom stereocenters. The van der Waals surface area contributed by atoms with Crippen LogP contribution in [0.1, 0.15) is 33.4 Å². The van der Waals surface area contributed by atoms with Crippen LogP contribution in [0.2, 0.25) is 0 Å². The fourth-order valence-electron chi connectivity index (χ4n) is 2.12. The third-order valence-corrected chi connectivity index (χ3v) is 4.35. The van der Waals surface area contributed by atoms with Crippen LogP contribution in [0.3, 0.4) is 0 Å². The Morgan fingerprint density at radius 3 is 2.71 bits per heavy atom. The van der Waals surface area contributed by atoms with Crippen molar-refractivity contribution in [3.8, 4) is 0 Å². The van der Waals surface area contributed by atoms with Gasteiger partial charge in [-0.1, -0.05) is 33.8 Å². The van der Waals surface area contributed by atoms with Gasteiger partial charge in [-0.25, -0.2) is 0 Å². The Morgan fingerprint density at radius 1 is 1.43 bits per heavy atom. The average Bonchev–Trinajstić information content (AvgIpc) is 2.45. The minimum Gasteiger partial charge on any atom is -0.392 e. The molecule has 1 unspecified atom stereocenters.